The number of epoxide rings is 1. The first kappa shape index (κ1) is 26.2. The summed E-state index contributed by atoms with van der Waals surface area (Å²) in [6.45, 7) is 25.2. The standard InChI is InChI=1S/C23H42FN2OPSSi/c1-16(2)25(17(3)4)28(29,26(18(5)6)19(7)8)23(30(9,10)11)22(27-23)20-12-14-21(24)15-13-20/h12-19,22H,1-11H3/t22-,23+/m0/s1. The summed E-state index contributed by atoms with van der Waals surface area (Å²) in [4.78, 5) is -0.379. The monoisotopic (exact) mass is 472 g/mol. The smallest absolute Gasteiger partial charge is 0.140 e. The van der Waals surface area contributed by atoms with Crippen molar-refractivity contribution in [1.82, 2.24) is 9.34 Å². The molecule has 0 bridgehead atoms. The molecule has 0 radical (unpaired) electrons. The Kier molecular flexibility index (Phi) is 7.87. The normalized spacial score (nSPS) is 22.9. The van der Waals surface area contributed by atoms with Crippen molar-refractivity contribution in [2.24, 2.45) is 0 Å². The highest BCUT2D eigenvalue weighted by Gasteiger charge is 2.75. The summed E-state index contributed by atoms with van der Waals surface area (Å²) in [5.74, 6) is -0.214. The third-order valence-electron chi connectivity index (χ3n) is 6.02. The Balaban J connectivity index is 2.82. The van der Waals surface area contributed by atoms with E-state index in [4.69, 9.17) is 16.5 Å². The lowest BCUT2D eigenvalue weighted by Crippen LogP contribution is -2.55. The van der Waals surface area contributed by atoms with Crippen molar-refractivity contribution in [2.45, 2.75) is 110 Å². The van der Waals surface area contributed by atoms with E-state index in [9.17, 15) is 4.39 Å². The summed E-state index contributed by atoms with van der Waals surface area (Å²) >= 11 is 6.90. The van der Waals surface area contributed by atoms with E-state index in [0.717, 1.165) is 5.56 Å². The van der Waals surface area contributed by atoms with Crippen LogP contribution in [-0.4, -0.2) is 46.5 Å². The second-order valence-corrected chi connectivity index (χ2v) is 20.5. The van der Waals surface area contributed by atoms with Crippen LogP contribution in [0.5, 0.6) is 0 Å². The molecule has 1 aliphatic heterocycles. The maximum Gasteiger partial charge on any atom is 0.140 e. The molecular weight excluding hydrogens is 430 g/mol. The number of hydrogen-bond donors (Lipinski definition) is 0. The summed E-state index contributed by atoms with van der Waals surface area (Å²) in [7, 11) is -1.93. The van der Waals surface area contributed by atoms with Gasteiger partial charge in [0.25, 0.3) is 0 Å². The Labute approximate surface area is 190 Å². The fraction of sp³-hybridized carbons (Fsp3) is 0.739. The predicted octanol–water partition coefficient (Wildman–Crippen LogP) is 7.02. The predicted molar refractivity (Wildman–Crippen MR) is 135 cm³/mol. The average Bonchev–Trinajstić information content (AvgIpc) is 3.31. The van der Waals surface area contributed by atoms with Crippen LogP contribution in [0.3, 0.4) is 0 Å². The van der Waals surface area contributed by atoms with Crippen molar-refractivity contribution in [3.63, 3.8) is 0 Å². The van der Waals surface area contributed by atoms with E-state index in [1.807, 2.05) is 12.1 Å². The van der Waals surface area contributed by atoms with Crippen molar-refractivity contribution < 1.29 is 9.13 Å². The summed E-state index contributed by atoms with van der Waals surface area (Å²) in [6.07, 6.45) is -2.44. The van der Waals surface area contributed by atoms with Gasteiger partial charge >= 0.3 is 0 Å². The minimum Gasteiger partial charge on any atom is -0.357 e. The van der Waals surface area contributed by atoms with Gasteiger partial charge in [-0.3, -0.25) is 9.34 Å². The Morgan fingerprint density at radius 2 is 1.23 bits per heavy atom. The molecule has 1 aromatic carbocycles. The molecule has 3 nitrogen and oxygen atoms in total. The SMILES string of the molecule is CC(C)N(C(C)C)P(=S)(N(C(C)C)C(C)C)[C@]1([Si](C)(C)C)O[C@H]1c1ccc(F)cc1. The van der Waals surface area contributed by atoms with E-state index in [1.54, 1.807) is 12.1 Å². The van der Waals surface area contributed by atoms with Crippen molar-refractivity contribution in [1.29, 1.82) is 0 Å². The molecule has 0 spiro atoms. The van der Waals surface area contributed by atoms with Gasteiger partial charge in [-0.2, -0.15) is 0 Å². The molecule has 7 heteroatoms. The topological polar surface area (TPSA) is 19.0 Å². The molecule has 0 N–H and O–H groups in total. The van der Waals surface area contributed by atoms with Crippen LogP contribution in [0, 0.1) is 5.82 Å². The number of halogens is 1. The Morgan fingerprint density at radius 3 is 1.53 bits per heavy atom. The lowest BCUT2D eigenvalue weighted by Gasteiger charge is -2.55. The molecule has 1 saturated heterocycles. The molecule has 0 saturated carbocycles. The number of hydrogen-bond acceptors (Lipinski definition) is 2. The first-order valence-corrected chi connectivity index (χ1v) is 17.4. The molecular formula is C23H42FN2OPSSi. The van der Waals surface area contributed by atoms with Gasteiger partial charge in [0.2, 0.25) is 0 Å². The fourth-order valence-corrected chi connectivity index (χ4v) is 20.1. The first-order chi connectivity index (χ1) is 13.6. The molecule has 2 rings (SSSR count). The third kappa shape index (κ3) is 4.25. The van der Waals surface area contributed by atoms with Crippen LogP contribution in [-0.2, 0) is 16.5 Å². The van der Waals surface area contributed by atoms with Gasteiger partial charge in [-0.05, 0) is 73.1 Å². The first-order valence-electron chi connectivity index (χ1n) is 11.2. The van der Waals surface area contributed by atoms with Gasteiger partial charge in [0.05, 0.1) is 8.07 Å². The molecule has 0 aliphatic carbocycles. The zero-order valence-corrected chi connectivity index (χ0v) is 23.4. The van der Waals surface area contributed by atoms with Gasteiger partial charge in [-0.1, -0.05) is 43.6 Å². The van der Waals surface area contributed by atoms with Crippen molar-refractivity contribution in [3.05, 3.63) is 35.6 Å². The van der Waals surface area contributed by atoms with Crippen LogP contribution in [0.1, 0.15) is 67.1 Å². The van der Waals surface area contributed by atoms with Crippen LogP contribution >= 0.6 is 6.34 Å². The summed E-state index contributed by atoms with van der Waals surface area (Å²) in [5, 5.41) is 0. The highest BCUT2D eigenvalue weighted by Crippen LogP contribution is 2.81. The highest BCUT2D eigenvalue weighted by molar-refractivity contribution is 8.14. The average molecular weight is 473 g/mol. The van der Waals surface area contributed by atoms with Crippen LogP contribution in [0.25, 0.3) is 0 Å². The van der Waals surface area contributed by atoms with Gasteiger partial charge < -0.3 is 4.74 Å². The van der Waals surface area contributed by atoms with Gasteiger partial charge in [0.1, 0.15) is 23.2 Å². The summed E-state index contributed by atoms with van der Waals surface area (Å²) in [6, 6.07) is 8.08. The molecule has 2 atom stereocenters. The van der Waals surface area contributed by atoms with Crippen molar-refractivity contribution in [2.75, 3.05) is 0 Å². The van der Waals surface area contributed by atoms with E-state index < -0.39 is 14.4 Å². The Morgan fingerprint density at radius 1 is 0.867 bits per heavy atom. The Bertz CT molecular complexity index is 738. The zero-order valence-electron chi connectivity index (χ0n) is 20.7. The van der Waals surface area contributed by atoms with Gasteiger partial charge in [0.15, 0.2) is 0 Å². The number of nitrogens with zero attached hydrogens (tertiary/aromatic N) is 2. The molecule has 0 aromatic heterocycles. The molecule has 0 amide bonds. The van der Waals surface area contributed by atoms with E-state index in [-0.39, 0.29) is 16.9 Å². The minimum atomic E-state index is -2.37. The van der Waals surface area contributed by atoms with E-state index in [1.165, 1.54) is 0 Å². The molecule has 0 unspecified atom stereocenters. The minimum absolute atomic E-state index is 0.0735. The fourth-order valence-electron chi connectivity index (χ4n) is 5.21. The number of benzene rings is 1. The Hall–Kier alpha value is -0.103. The second kappa shape index (κ2) is 9.03. The molecule has 1 fully saturated rings. The summed E-state index contributed by atoms with van der Waals surface area (Å²) in [5.41, 5.74) is 1.05. The quantitative estimate of drug-likeness (QED) is 0.218. The zero-order chi connectivity index (χ0) is 23.2. The number of ether oxygens (including phenoxy) is 1. The van der Waals surface area contributed by atoms with Crippen LogP contribution in [0.4, 0.5) is 4.39 Å². The molecule has 1 heterocycles. The van der Waals surface area contributed by atoms with Crippen molar-refractivity contribution >= 4 is 26.2 Å². The largest absolute Gasteiger partial charge is 0.357 e. The third-order valence-corrected chi connectivity index (χ3v) is 18.2. The van der Waals surface area contributed by atoms with Crippen molar-refractivity contribution in [3.8, 4) is 0 Å². The molecule has 1 aromatic rings. The van der Waals surface area contributed by atoms with E-state index in [0.29, 0.717) is 24.2 Å². The van der Waals surface area contributed by atoms with Crippen LogP contribution in [0.15, 0.2) is 24.3 Å². The van der Waals surface area contributed by atoms with Crippen LogP contribution in [0.2, 0.25) is 19.6 Å². The van der Waals surface area contributed by atoms with Gasteiger partial charge in [-0.25, -0.2) is 4.39 Å². The molecule has 172 valence electrons. The summed E-state index contributed by atoms with van der Waals surface area (Å²) < 4.78 is 25.6. The van der Waals surface area contributed by atoms with E-state index >= 15 is 0 Å². The van der Waals surface area contributed by atoms with Crippen LogP contribution < -0.4 is 0 Å². The van der Waals surface area contributed by atoms with Gasteiger partial charge in [-0.15, -0.1) is 0 Å². The molecule has 30 heavy (non-hydrogen) atoms. The second-order valence-electron chi connectivity index (χ2n) is 10.7. The molecule has 1 aliphatic rings. The van der Waals surface area contributed by atoms with Gasteiger partial charge in [0, 0.05) is 24.2 Å². The highest BCUT2D eigenvalue weighted by atomic mass is 32.4. The lowest BCUT2D eigenvalue weighted by atomic mass is 10.2. The lowest BCUT2D eigenvalue weighted by molar-refractivity contribution is 0.242. The number of rotatable bonds is 9. The van der Waals surface area contributed by atoms with E-state index in [2.05, 4.69) is 84.4 Å². The maximum absolute atomic E-state index is 13.6. The maximum atomic E-state index is 13.6.